The Morgan fingerprint density at radius 1 is 0.786 bits per heavy atom. The molecule has 0 fully saturated rings. The highest BCUT2D eigenvalue weighted by Crippen LogP contribution is 2.40. The minimum Gasteiger partial charge on any atom is -0.324 e. The van der Waals surface area contributed by atoms with Crippen molar-refractivity contribution in [1.82, 2.24) is 0 Å². The summed E-state index contributed by atoms with van der Waals surface area (Å²) in [6.45, 7) is 9.08. The van der Waals surface area contributed by atoms with Crippen LogP contribution in [0, 0.1) is 10.8 Å². The molecule has 10 heteroatoms. The molecule has 3 N–H and O–H groups in total. The lowest BCUT2D eigenvalue weighted by atomic mass is 9.87. The van der Waals surface area contributed by atoms with E-state index in [1.54, 1.807) is 0 Å². The Balaban J connectivity index is 3.88. The normalized spacial score (nSPS) is 15.4. The molecule has 0 aromatic rings. The molecular weight excluding hydrogens is 406 g/mol. The van der Waals surface area contributed by atoms with Gasteiger partial charge in [0.25, 0.3) is 0 Å². The number of phosphoric acid groups is 1. The van der Waals surface area contributed by atoms with Gasteiger partial charge in [-0.3, -0.25) is 13.9 Å². The van der Waals surface area contributed by atoms with Crippen LogP contribution >= 0.6 is 15.4 Å². The third kappa shape index (κ3) is 18.0. The van der Waals surface area contributed by atoms with Gasteiger partial charge in [0, 0.05) is 19.5 Å². The van der Waals surface area contributed by atoms with Crippen molar-refractivity contribution in [2.75, 3.05) is 19.9 Å². The minimum atomic E-state index is -4.45. The molecule has 0 spiro atoms. The number of hydrogen-bond acceptors (Lipinski definition) is 5. The maximum Gasteiger partial charge on any atom is 0.469 e. The minimum absolute atomic E-state index is 0.0194. The summed E-state index contributed by atoms with van der Waals surface area (Å²) in [6.07, 6.45) is 5.75. The average Bonchev–Trinajstić information content (AvgIpc) is 2.51. The first-order valence-corrected chi connectivity index (χ1v) is 13.2. The fraction of sp³-hybridized carbons (Fsp3) is 0.944. The topological polar surface area (TPSA) is 130 Å². The van der Waals surface area contributed by atoms with Gasteiger partial charge in [0.2, 0.25) is 0 Å². The molecule has 168 valence electrons. The van der Waals surface area contributed by atoms with Crippen molar-refractivity contribution in [3.63, 3.8) is 0 Å². The number of ketones is 1. The number of hydrogen-bond donors (Lipinski definition) is 3. The van der Waals surface area contributed by atoms with Gasteiger partial charge < -0.3 is 19.2 Å². The van der Waals surface area contributed by atoms with E-state index < -0.39 is 15.4 Å². The van der Waals surface area contributed by atoms with Crippen molar-refractivity contribution >= 4 is 21.2 Å². The molecule has 1 unspecified atom stereocenters. The molecule has 8 nitrogen and oxygen atoms in total. The number of unbranched alkanes of at least 4 members (excludes halogenated alkanes) is 2. The lowest BCUT2D eigenvalue weighted by molar-refractivity contribution is -0.119. The van der Waals surface area contributed by atoms with Crippen molar-refractivity contribution in [3.8, 4) is 0 Å². The van der Waals surface area contributed by atoms with Crippen LogP contribution in [0.15, 0.2) is 0 Å². The molecule has 0 aliphatic rings. The molecule has 1 atom stereocenters. The smallest absolute Gasteiger partial charge is 0.324 e. The third-order valence-electron chi connectivity index (χ3n) is 4.44. The van der Waals surface area contributed by atoms with Crippen molar-refractivity contribution in [2.24, 2.45) is 10.8 Å². The third-order valence-corrected chi connectivity index (χ3v) is 5.51. The van der Waals surface area contributed by atoms with Gasteiger partial charge in [-0.15, -0.1) is 0 Å². The Morgan fingerprint density at radius 2 is 1.18 bits per heavy atom. The van der Waals surface area contributed by atoms with Gasteiger partial charge in [-0.05, 0) is 36.5 Å². The van der Waals surface area contributed by atoms with Crippen LogP contribution in [0.3, 0.4) is 0 Å². The Morgan fingerprint density at radius 3 is 1.54 bits per heavy atom. The molecule has 28 heavy (non-hydrogen) atoms. The highest BCUT2D eigenvalue weighted by molar-refractivity contribution is 7.51. The molecular formula is C18H38O8P2. The number of phosphoric ester groups is 1. The first-order chi connectivity index (χ1) is 12.5. The van der Waals surface area contributed by atoms with Gasteiger partial charge in [0.15, 0.2) is 0 Å². The van der Waals surface area contributed by atoms with E-state index in [0.29, 0.717) is 12.8 Å². The second-order valence-corrected chi connectivity index (χ2v) is 12.2. The van der Waals surface area contributed by atoms with Crippen molar-refractivity contribution in [1.29, 1.82) is 0 Å². The fourth-order valence-corrected chi connectivity index (χ4v) is 3.78. The molecule has 0 aliphatic heterocycles. The number of rotatable bonds is 16. The van der Waals surface area contributed by atoms with Crippen LogP contribution in [0.5, 0.6) is 0 Å². The van der Waals surface area contributed by atoms with Crippen LogP contribution in [0.2, 0.25) is 0 Å². The number of Topliss-reactive ketones (excluding diaryl/α,β-unsaturated/α-hetero) is 1. The van der Waals surface area contributed by atoms with E-state index in [1.165, 1.54) is 6.66 Å². The maximum absolute atomic E-state index is 12.0. The molecule has 0 amide bonds. The van der Waals surface area contributed by atoms with Crippen LogP contribution in [-0.4, -0.2) is 40.3 Å². The van der Waals surface area contributed by atoms with Crippen LogP contribution in [0.4, 0.5) is 0 Å². The maximum atomic E-state index is 12.0. The van der Waals surface area contributed by atoms with E-state index in [-0.39, 0.29) is 29.8 Å². The lowest BCUT2D eigenvalue weighted by Gasteiger charge is -2.25. The largest absolute Gasteiger partial charge is 0.469 e. The Kier molecular flexibility index (Phi) is 11.9. The average molecular weight is 444 g/mol. The molecule has 0 aromatic heterocycles. The monoisotopic (exact) mass is 444 g/mol. The van der Waals surface area contributed by atoms with E-state index in [4.69, 9.17) is 14.3 Å². The SMILES string of the molecule is CC(C)(CCCCC(=O)CCCCC(C)(C)COP(=O)(O)O)COP(C)(=O)O. The van der Waals surface area contributed by atoms with Crippen LogP contribution in [0.25, 0.3) is 0 Å². The van der Waals surface area contributed by atoms with E-state index in [9.17, 15) is 18.8 Å². The number of carbonyl (C=O) groups excluding carboxylic acids is 1. The van der Waals surface area contributed by atoms with Crippen molar-refractivity contribution in [2.45, 2.75) is 79.1 Å². The summed E-state index contributed by atoms with van der Waals surface area (Å²) in [7, 11) is -7.90. The Bertz CT molecular complexity index is 514. The van der Waals surface area contributed by atoms with Crippen molar-refractivity contribution in [3.05, 3.63) is 0 Å². The van der Waals surface area contributed by atoms with Crippen molar-refractivity contribution < 1.29 is 37.7 Å². The van der Waals surface area contributed by atoms with Gasteiger partial charge in [-0.2, -0.15) is 0 Å². The molecule has 0 aliphatic carbocycles. The zero-order valence-corrected chi connectivity index (χ0v) is 19.6. The highest BCUT2D eigenvalue weighted by atomic mass is 31.2. The van der Waals surface area contributed by atoms with E-state index in [0.717, 1.165) is 38.5 Å². The van der Waals surface area contributed by atoms with Crippen LogP contribution in [-0.2, 0) is 23.0 Å². The zero-order valence-electron chi connectivity index (χ0n) is 17.8. The summed E-state index contributed by atoms with van der Waals surface area (Å²) in [4.78, 5) is 38.7. The predicted octanol–water partition coefficient (Wildman–Crippen LogP) is 4.67. The Labute approximate surface area is 169 Å². The summed E-state index contributed by atoms with van der Waals surface area (Å²) in [5.41, 5.74) is -0.562. The van der Waals surface area contributed by atoms with Gasteiger partial charge in [0.1, 0.15) is 5.78 Å². The van der Waals surface area contributed by atoms with Gasteiger partial charge in [0.05, 0.1) is 13.2 Å². The molecule has 0 aromatic carbocycles. The first-order valence-electron chi connectivity index (χ1n) is 9.68. The summed E-state index contributed by atoms with van der Waals surface area (Å²) < 4.78 is 31.5. The second-order valence-electron chi connectivity index (χ2n) is 9.12. The van der Waals surface area contributed by atoms with E-state index in [1.807, 2.05) is 27.7 Å². The summed E-state index contributed by atoms with van der Waals surface area (Å²) in [5, 5.41) is 0. The quantitative estimate of drug-likeness (QED) is 0.231. The molecule has 0 saturated heterocycles. The first kappa shape index (κ1) is 27.9. The van der Waals surface area contributed by atoms with Crippen LogP contribution < -0.4 is 0 Å². The zero-order chi connectivity index (χ0) is 22.1. The standard InChI is InChI=1S/C18H38O8P2/c1-17(2,14-25-27(5,20)21)12-8-6-10-16(19)11-7-9-13-18(3,4)15-26-28(22,23)24/h6-15H2,1-5H3,(H,20,21)(H2,22,23,24). The fourth-order valence-electron chi connectivity index (χ4n) is 2.67. The summed E-state index contributed by atoms with van der Waals surface area (Å²) in [5.74, 6) is 0.215. The second kappa shape index (κ2) is 11.9. The summed E-state index contributed by atoms with van der Waals surface area (Å²) >= 11 is 0. The van der Waals surface area contributed by atoms with Crippen LogP contribution in [0.1, 0.15) is 79.1 Å². The van der Waals surface area contributed by atoms with Gasteiger partial charge >= 0.3 is 15.4 Å². The molecule has 0 heterocycles. The lowest BCUT2D eigenvalue weighted by Crippen LogP contribution is -2.19. The molecule has 0 saturated carbocycles. The molecule has 0 radical (unpaired) electrons. The van der Waals surface area contributed by atoms with Gasteiger partial charge in [-0.1, -0.05) is 40.5 Å². The van der Waals surface area contributed by atoms with E-state index >= 15 is 0 Å². The van der Waals surface area contributed by atoms with E-state index in [2.05, 4.69) is 4.52 Å². The molecule has 0 rings (SSSR count). The highest BCUT2D eigenvalue weighted by Gasteiger charge is 2.24. The molecule has 0 bridgehead atoms. The number of carbonyl (C=O) groups is 1. The summed E-state index contributed by atoms with van der Waals surface area (Å²) in [6, 6.07) is 0. The van der Waals surface area contributed by atoms with Gasteiger partial charge in [-0.25, -0.2) is 4.57 Å². The predicted molar refractivity (Wildman–Crippen MR) is 109 cm³/mol. The Hall–Kier alpha value is -0.0700.